The minimum atomic E-state index is -0.473. The quantitative estimate of drug-likeness (QED) is 0.522. The van der Waals surface area contributed by atoms with Gasteiger partial charge in [0.1, 0.15) is 11.6 Å². The van der Waals surface area contributed by atoms with E-state index in [2.05, 4.69) is 20.6 Å². The summed E-state index contributed by atoms with van der Waals surface area (Å²) in [6, 6.07) is 11.0. The summed E-state index contributed by atoms with van der Waals surface area (Å²) >= 11 is 6.03. The molecule has 0 atom stereocenters. The number of rotatable bonds is 4. The number of aromatic nitrogens is 4. The van der Waals surface area contributed by atoms with Gasteiger partial charge in [0.25, 0.3) is 5.91 Å². The topological polar surface area (TPSA) is 81.4 Å². The Bertz CT molecular complexity index is 1270. The summed E-state index contributed by atoms with van der Waals surface area (Å²) in [4.78, 5) is 12.9. The van der Waals surface area contributed by atoms with Crippen LogP contribution in [0.25, 0.3) is 16.8 Å². The van der Waals surface area contributed by atoms with E-state index in [0.29, 0.717) is 33.5 Å². The third-order valence-electron chi connectivity index (χ3n) is 4.70. The van der Waals surface area contributed by atoms with E-state index >= 15 is 0 Å². The number of benzene rings is 2. The molecule has 7 nitrogen and oxygen atoms in total. The van der Waals surface area contributed by atoms with Crippen molar-refractivity contribution in [2.45, 2.75) is 13.8 Å². The lowest BCUT2D eigenvalue weighted by atomic mass is 10.1. The van der Waals surface area contributed by atoms with Crippen LogP contribution < -0.4 is 10.1 Å². The number of halogens is 2. The van der Waals surface area contributed by atoms with Crippen molar-refractivity contribution >= 4 is 28.8 Å². The fourth-order valence-corrected chi connectivity index (χ4v) is 3.41. The van der Waals surface area contributed by atoms with Gasteiger partial charge in [-0.2, -0.15) is 5.10 Å². The molecule has 1 N–H and O–H groups in total. The van der Waals surface area contributed by atoms with Crippen LogP contribution in [0, 0.1) is 19.7 Å². The number of hydrogen-bond acceptors (Lipinski definition) is 5. The van der Waals surface area contributed by atoms with Crippen molar-refractivity contribution in [2.24, 2.45) is 0 Å². The van der Waals surface area contributed by atoms with Crippen LogP contribution in [-0.4, -0.2) is 32.8 Å². The first-order valence-electron chi connectivity index (χ1n) is 9.02. The molecular formula is C21H17ClFN5O2. The van der Waals surface area contributed by atoms with Gasteiger partial charge >= 0.3 is 0 Å². The molecule has 2 aromatic carbocycles. The molecule has 0 unspecified atom stereocenters. The van der Waals surface area contributed by atoms with Gasteiger partial charge in [0, 0.05) is 5.02 Å². The number of carbonyl (C=O) groups excluding carboxylic acids is 1. The van der Waals surface area contributed by atoms with Crippen molar-refractivity contribution in [3.8, 4) is 16.9 Å². The summed E-state index contributed by atoms with van der Waals surface area (Å²) < 4.78 is 20.1. The molecule has 0 saturated carbocycles. The van der Waals surface area contributed by atoms with Gasteiger partial charge in [0.15, 0.2) is 11.3 Å². The number of methoxy groups -OCH3 is 1. The molecule has 9 heteroatoms. The molecule has 0 fully saturated rings. The second-order valence-corrected chi connectivity index (χ2v) is 7.07. The zero-order valence-corrected chi connectivity index (χ0v) is 17.2. The Morgan fingerprint density at radius 3 is 2.57 bits per heavy atom. The van der Waals surface area contributed by atoms with Crippen molar-refractivity contribution in [3.63, 3.8) is 0 Å². The number of carbonyl (C=O) groups is 1. The summed E-state index contributed by atoms with van der Waals surface area (Å²) in [7, 11) is 1.50. The number of hydrogen-bond donors (Lipinski definition) is 1. The van der Waals surface area contributed by atoms with E-state index in [0.717, 1.165) is 11.1 Å². The second-order valence-electron chi connectivity index (χ2n) is 6.64. The summed E-state index contributed by atoms with van der Waals surface area (Å²) in [5, 5.41) is 16.1. The van der Waals surface area contributed by atoms with Gasteiger partial charge in [-0.25, -0.2) is 8.91 Å². The number of nitrogens with one attached hydrogen (secondary N) is 1. The molecule has 0 spiro atoms. The monoisotopic (exact) mass is 425 g/mol. The molecule has 0 aliphatic rings. The molecule has 4 rings (SSSR count). The minimum Gasteiger partial charge on any atom is -0.495 e. The van der Waals surface area contributed by atoms with Gasteiger partial charge in [0.05, 0.1) is 29.7 Å². The van der Waals surface area contributed by atoms with Crippen LogP contribution in [0.4, 0.5) is 10.1 Å². The predicted octanol–water partition coefficient (Wildman–Crippen LogP) is 4.46. The summed E-state index contributed by atoms with van der Waals surface area (Å²) in [5.41, 5.74) is 3.70. The number of ether oxygens (including phenoxy) is 1. The van der Waals surface area contributed by atoms with Gasteiger partial charge < -0.3 is 10.1 Å². The predicted molar refractivity (Wildman–Crippen MR) is 112 cm³/mol. The van der Waals surface area contributed by atoms with Crippen LogP contribution >= 0.6 is 11.6 Å². The summed E-state index contributed by atoms with van der Waals surface area (Å²) in [6.45, 7) is 3.55. The zero-order valence-electron chi connectivity index (χ0n) is 16.4. The summed E-state index contributed by atoms with van der Waals surface area (Å²) in [5.74, 6) is -0.336. The fraction of sp³-hybridized carbons (Fsp3) is 0.143. The molecule has 152 valence electrons. The van der Waals surface area contributed by atoms with Gasteiger partial charge in [-0.05, 0) is 49.7 Å². The highest BCUT2D eigenvalue weighted by Crippen LogP contribution is 2.30. The molecule has 0 saturated heterocycles. The SMILES string of the molecule is COc1ccc(Cl)cc1NC(=O)c1nnc2c(-c3ccc(F)cc3)c(C)nn2c1C. The van der Waals surface area contributed by atoms with E-state index < -0.39 is 5.91 Å². The molecule has 0 aliphatic heterocycles. The first kappa shape index (κ1) is 19.8. The van der Waals surface area contributed by atoms with Gasteiger partial charge in [-0.3, -0.25) is 4.79 Å². The fourth-order valence-electron chi connectivity index (χ4n) is 3.23. The van der Waals surface area contributed by atoms with E-state index in [1.807, 2.05) is 6.92 Å². The Balaban J connectivity index is 1.75. The molecule has 2 aromatic heterocycles. The zero-order chi connectivity index (χ0) is 21.4. The van der Waals surface area contributed by atoms with Crippen molar-refractivity contribution in [1.29, 1.82) is 0 Å². The Morgan fingerprint density at radius 2 is 1.87 bits per heavy atom. The maximum atomic E-state index is 13.3. The van der Waals surface area contributed by atoms with Crippen molar-refractivity contribution in [2.75, 3.05) is 12.4 Å². The van der Waals surface area contributed by atoms with Crippen LogP contribution in [0.3, 0.4) is 0 Å². The van der Waals surface area contributed by atoms with Gasteiger partial charge in [0.2, 0.25) is 0 Å². The average Bonchev–Trinajstić information content (AvgIpc) is 3.06. The van der Waals surface area contributed by atoms with Crippen molar-refractivity contribution in [1.82, 2.24) is 19.8 Å². The third-order valence-corrected chi connectivity index (χ3v) is 4.93. The molecule has 0 aliphatic carbocycles. The van der Waals surface area contributed by atoms with Crippen LogP contribution in [0.15, 0.2) is 42.5 Å². The Labute approximate surface area is 176 Å². The first-order chi connectivity index (χ1) is 14.4. The van der Waals surface area contributed by atoms with Crippen LogP contribution in [0.5, 0.6) is 5.75 Å². The molecule has 0 bridgehead atoms. The van der Waals surface area contributed by atoms with E-state index in [4.69, 9.17) is 16.3 Å². The van der Waals surface area contributed by atoms with Crippen LogP contribution in [0.2, 0.25) is 5.02 Å². The maximum absolute atomic E-state index is 13.3. The number of amides is 1. The van der Waals surface area contributed by atoms with Crippen LogP contribution in [0.1, 0.15) is 21.9 Å². The van der Waals surface area contributed by atoms with Crippen molar-refractivity contribution in [3.05, 3.63) is 70.4 Å². The number of fused-ring (bicyclic) bond motifs is 1. The van der Waals surface area contributed by atoms with Gasteiger partial charge in [-0.15, -0.1) is 10.2 Å². The Morgan fingerprint density at radius 1 is 1.13 bits per heavy atom. The maximum Gasteiger partial charge on any atom is 0.278 e. The van der Waals surface area contributed by atoms with Gasteiger partial charge in [-0.1, -0.05) is 23.7 Å². The lowest BCUT2D eigenvalue weighted by Crippen LogP contribution is -2.19. The third kappa shape index (κ3) is 3.46. The minimum absolute atomic E-state index is 0.109. The molecule has 0 radical (unpaired) electrons. The smallest absolute Gasteiger partial charge is 0.278 e. The standard InChI is InChI=1S/C21H17ClFN5O2/c1-11-18(13-4-7-15(23)8-5-13)20-26-25-19(12(2)28(20)27-11)21(29)24-16-10-14(22)6-9-17(16)30-3/h4-10H,1-3H3,(H,24,29). The Hall–Kier alpha value is -3.52. The van der Waals surface area contributed by atoms with E-state index in [1.165, 1.54) is 19.2 Å². The van der Waals surface area contributed by atoms with Crippen molar-refractivity contribution < 1.29 is 13.9 Å². The molecule has 1 amide bonds. The lowest BCUT2D eigenvalue weighted by molar-refractivity contribution is 0.101. The lowest BCUT2D eigenvalue weighted by Gasteiger charge is -2.11. The van der Waals surface area contributed by atoms with E-state index in [9.17, 15) is 9.18 Å². The highest BCUT2D eigenvalue weighted by molar-refractivity contribution is 6.31. The highest BCUT2D eigenvalue weighted by atomic mass is 35.5. The number of aryl methyl sites for hydroxylation is 2. The average molecular weight is 426 g/mol. The normalized spacial score (nSPS) is 11.0. The molecular weight excluding hydrogens is 409 g/mol. The molecule has 30 heavy (non-hydrogen) atoms. The first-order valence-corrected chi connectivity index (χ1v) is 9.40. The molecule has 4 aromatic rings. The highest BCUT2D eigenvalue weighted by Gasteiger charge is 2.21. The number of nitrogens with zero attached hydrogens (tertiary/aromatic N) is 4. The summed E-state index contributed by atoms with van der Waals surface area (Å²) in [6.07, 6.45) is 0. The van der Waals surface area contributed by atoms with E-state index in [1.54, 1.807) is 41.8 Å². The van der Waals surface area contributed by atoms with Crippen LogP contribution in [-0.2, 0) is 0 Å². The number of anilines is 1. The molecule has 2 heterocycles. The Kier molecular flexibility index (Phi) is 5.09. The van der Waals surface area contributed by atoms with E-state index in [-0.39, 0.29) is 11.5 Å². The largest absolute Gasteiger partial charge is 0.495 e. The second kappa shape index (κ2) is 7.72.